The highest BCUT2D eigenvalue weighted by molar-refractivity contribution is 8.39. The van der Waals surface area contributed by atoms with Gasteiger partial charge in [0.25, 0.3) is 5.91 Å². The van der Waals surface area contributed by atoms with E-state index in [0.717, 1.165) is 27.3 Å². The average molecular weight is 384 g/mol. The predicted molar refractivity (Wildman–Crippen MR) is 101 cm³/mol. The summed E-state index contributed by atoms with van der Waals surface area (Å²) in [5.41, 5.74) is 1.01. The number of aromatic nitrogens is 1. The van der Waals surface area contributed by atoms with Crippen molar-refractivity contribution in [3.63, 3.8) is 0 Å². The van der Waals surface area contributed by atoms with Crippen LogP contribution in [0.5, 0.6) is 0 Å². The maximum absolute atomic E-state index is 12.1. The normalized spacial score (nSPS) is 15.0. The zero-order valence-corrected chi connectivity index (χ0v) is 15.4. The van der Waals surface area contributed by atoms with E-state index in [9.17, 15) is 4.79 Å². The molecular formula is C15H14ClN3OS3. The first-order chi connectivity index (χ1) is 11.2. The van der Waals surface area contributed by atoms with Gasteiger partial charge in [-0.25, -0.2) is 0 Å². The number of amides is 1. The summed E-state index contributed by atoms with van der Waals surface area (Å²) < 4.78 is 2.93. The van der Waals surface area contributed by atoms with E-state index >= 15 is 0 Å². The number of thiazole rings is 1. The first-order valence-corrected chi connectivity index (χ1v) is 10.2. The van der Waals surface area contributed by atoms with Crippen LogP contribution in [-0.2, 0) is 11.3 Å². The number of hydrogen-bond donors (Lipinski definition) is 0. The second-order valence-electron chi connectivity index (χ2n) is 4.70. The molecule has 0 spiro atoms. The van der Waals surface area contributed by atoms with Gasteiger partial charge in [-0.05, 0) is 11.6 Å². The lowest BCUT2D eigenvalue weighted by Gasteiger charge is -2.05. The summed E-state index contributed by atoms with van der Waals surface area (Å²) in [6, 6.07) is 7.69. The van der Waals surface area contributed by atoms with Crippen LogP contribution in [-0.4, -0.2) is 32.9 Å². The molecule has 4 nitrogen and oxygen atoms in total. The third-order valence-corrected chi connectivity index (χ3v) is 6.46. The molecular weight excluding hydrogens is 370 g/mol. The van der Waals surface area contributed by atoms with E-state index in [-0.39, 0.29) is 5.91 Å². The fourth-order valence-electron chi connectivity index (χ4n) is 1.98. The Morgan fingerprint density at radius 2 is 2.30 bits per heavy atom. The Morgan fingerprint density at radius 3 is 3.09 bits per heavy atom. The van der Waals surface area contributed by atoms with Crippen LogP contribution in [0, 0.1) is 0 Å². The van der Waals surface area contributed by atoms with E-state index < -0.39 is 0 Å². The number of carbonyl (C=O) groups excluding carboxylic acids is 1. The number of benzene rings is 1. The van der Waals surface area contributed by atoms with Crippen molar-refractivity contribution >= 4 is 56.7 Å². The van der Waals surface area contributed by atoms with Crippen molar-refractivity contribution in [3.8, 4) is 0 Å². The number of thioether (sulfide) groups is 2. The number of carbonyl (C=O) groups is 1. The Kier molecular flexibility index (Phi) is 5.99. The summed E-state index contributed by atoms with van der Waals surface area (Å²) >= 11 is 10.8. The zero-order valence-electron chi connectivity index (χ0n) is 12.1. The van der Waals surface area contributed by atoms with Crippen molar-refractivity contribution in [3.05, 3.63) is 51.2 Å². The first kappa shape index (κ1) is 16.8. The fraction of sp³-hybridized carbons (Fsp3) is 0.267. The van der Waals surface area contributed by atoms with E-state index in [4.69, 9.17) is 11.6 Å². The van der Waals surface area contributed by atoms with Gasteiger partial charge in [-0.15, -0.1) is 11.3 Å². The van der Waals surface area contributed by atoms with Crippen LogP contribution in [0.25, 0.3) is 0 Å². The minimum Gasteiger partial charge on any atom is -0.319 e. The van der Waals surface area contributed by atoms with Gasteiger partial charge in [0.1, 0.15) is 4.38 Å². The topological polar surface area (TPSA) is 46.7 Å². The van der Waals surface area contributed by atoms with Gasteiger partial charge < -0.3 is 4.57 Å². The van der Waals surface area contributed by atoms with Gasteiger partial charge >= 0.3 is 0 Å². The molecule has 3 rings (SSSR count). The van der Waals surface area contributed by atoms with Gasteiger partial charge in [0.2, 0.25) is 0 Å². The molecule has 0 saturated heterocycles. The molecule has 0 radical (unpaired) electrons. The minimum atomic E-state index is -0.138. The largest absolute Gasteiger partial charge is 0.319 e. The molecule has 0 bridgehead atoms. The summed E-state index contributed by atoms with van der Waals surface area (Å²) in [7, 11) is 0. The summed E-state index contributed by atoms with van der Waals surface area (Å²) in [5.74, 6) is 1.20. The SMILES string of the molecule is O=C(CSC1=NCCS1)N=c1sccn1Cc1ccccc1Cl. The van der Waals surface area contributed by atoms with Crippen molar-refractivity contribution in [2.75, 3.05) is 18.1 Å². The minimum absolute atomic E-state index is 0.138. The highest BCUT2D eigenvalue weighted by atomic mass is 35.5. The summed E-state index contributed by atoms with van der Waals surface area (Å²) in [4.78, 5) is 21.3. The number of halogens is 1. The molecule has 1 aromatic heterocycles. The maximum Gasteiger partial charge on any atom is 0.258 e. The third kappa shape index (κ3) is 4.73. The zero-order chi connectivity index (χ0) is 16.1. The second kappa shape index (κ2) is 8.19. The summed E-state index contributed by atoms with van der Waals surface area (Å²) in [6.07, 6.45) is 1.92. The van der Waals surface area contributed by atoms with E-state index in [0.29, 0.717) is 17.1 Å². The Morgan fingerprint density at radius 1 is 1.43 bits per heavy atom. The lowest BCUT2D eigenvalue weighted by molar-refractivity contribution is -0.115. The van der Waals surface area contributed by atoms with Gasteiger partial charge in [0, 0.05) is 22.4 Å². The van der Waals surface area contributed by atoms with Crippen molar-refractivity contribution in [2.45, 2.75) is 6.54 Å². The second-order valence-corrected chi connectivity index (χ2v) is 8.28. The fourth-order valence-corrected chi connectivity index (χ4v) is 4.72. The van der Waals surface area contributed by atoms with Gasteiger partial charge in [-0.2, -0.15) is 4.99 Å². The molecule has 120 valence electrons. The van der Waals surface area contributed by atoms with Crippen molar-refractivity contribution in [1.82, 2.24) is 4.57 Å². The first-order valence-electron chi connectivity index (χ1n) is 6.97. The van der Waals surface area contributed by atoms with Crippen LogP contribution in [0.2, 0.25) is 5.02 Å². The van der Waals surface area contributed by atoms with E-state index in [1.807, 2.05) is 40.4 Å². The van der Waals surface area contributed by atoms with Gasteiger partial charge in [0.15, 0.2) is 4.80 Å². The Labute approximate surface area is 151 Å². The van der Waals surface area contributed by atoms with E-state index in [2.05, 4.69) is 9.98 Å². The molecule has 1 amide bonds. The third-order valence-electron chi connectivity index (χ3n) is 3.06. The molecule has 0 fully saturated rings. The lowest BCUT2D eigenvalue weighted by atomic mass is 10.2. The summed E-state index contributed by atoms with van der Waals surface area (Å²) in [6.45, 7) is 1.45. The van der Waals surface area contributed by atoms with Crippen molar-refractivity contribution in [1.29, 1.82) is 0 Å². The van der Waals surface area contributed by atoms with Gasteiger partial charge in [-0.3, -0.25) is 9.79 Å². The maximum atomic E-state index is 12.1. The Hall–Kier alpha value is -1.02. The molecule has 0 atom stereocenters. The van der Waals surface area contributed by atoms with E-state index in [1.165, 1.54) is 23.1 Å². The monoisotopic (exact) mass is 383 g/mol. The number of rotatable bonds is 4. The lowest BCUT2D eigenvalue weighted by Crippen LogP contribution is -2.17. The molecule has 8 heteroatoms. The Balaban J connectivity index is 1.69. The van der Waals surface area contributed by atoms with Crippen molar-refractivity contribution in [2.24, 2.45) is 9.98 Å². The smallest absolute Gasteiger partial charge is 0.258 e. The van der Waals surface area contributed by atoms with Crippen LogP contribution in [0.3, 0.4) is 0 Å². The number of nitrogens with zero attached hydrogens (tertiary/aromatic N) is 3. The predicted octanol–water partition coefficient (Wildman–Crippen LogP) is 3.51. The number of hydrogen-bond acceptors (Lipinski definition) is 5. The highest BCUT2D eigenvalue weighted by Gasteiger charge is 2.10. The van der Waals surface area contributed by atoms with Crippen LogP contribution >= 0.6 is 46.5 Å². The molecule has 1 aromatic carbocycles. The van der Waals surface area contributed by atoms with Crippen LogP contribution in [0.15, 0.2) is 45.8 Å². The van der Waals surface area contributed by atoms with Crippen LogP contribution in [0.1, 0.15) is 5.56 Å². The quantitative estimate of drug-likeness (QED) is 0.811. The highest BCUT2D eigenvalue weighted by Crippen LogP contribution is 2.21. The molecule has 1 aliphatic heterocycles. The van der Waals surface area contributed by atoms with E-state index in [1.54, 1.807) is 11.8 Å². The van der Waals surface area contributed by atoms with Gasteiger partial charge in [0.05, 0.1) is 18.8 Å². The molecule has 23 heavy (non-hydrogen) atoms. The van der Waals surface area contributed by atoms with Gasteiger partial charge in [-0.1, -0.05) is 53.3 Å². The molecule has 0 saturated carbocycles. The molecule has 0 N–H and O–H groups in total. The molecule has 1 aliphatic rings. The Bertz CT molecular complexity index is 797. The molecule has 0 aliphatic carbocycles. The van der Waals surface area contributed by atoms with Crippen molar-refractivity contribution < 1.29 is 4.79 Å². The van der Waals surface area contributed by atoms with Crippen LogP contribution in [0.4, 0.5) is 0 Å². The molecule has 0 unspecified atom stereocenters. The average Bonchev–Trinajstić information content (AvgIpc) is 3.20. The standard InChI is InChI=1S/C15H14ClN3OS3/c16-12-4-2-1-3-11(12)9-19-6-8-21-14(19)18-13(20)10-23-15-17-5-7-22-15/h1-4,6,8H,5,7,9-10H2. The molecule has 2 aromatic rings. The number of aliphatic imine (C=N–C) groups is 1. The summed E-state index contributed by atoms with van der Waals surface area (Å²) in [5, 5.41) is 2.64. The molecule has 2 heterocycles. The van der Waals surface area contributed by atoms with Crippen LogP contribution < -0.4 is 4.80 Å².